The number of nitrogens with one attached hydrogen (secondary N) is 1. The van der Waals surface area contributed by atoms with E-state index in [2.05, 4.69) is 22.4 Å². The number of hydrogen-bond acceptors (Lipinski definition) is 4. The van der Waals surface area contributed by atoms with Gasteiger partial charge in [-0.15, -0.1) is 0 Å². The molecule has 2 aromatic rings. The van der Waals surface area contributed by atoms with Gasteiger partial charge in [0.15, 0.2) is 5.13 Å². The Morgan fingerprint density at radius 1 is 1.21 bits per heavy atom. The molecule has 2 heterocycles. The van der Waals surface area contributed by atoms with Crippen LogP contribution in [0.15, 0.2) is 36.5 Å². The summed E-state index contributed by atoms with van der Waals surface area (Å²) in [6.07, 6.45) is 6.97. The van der Waals surface area contributed by atoms with Gasteiger partial charge in [0.05, 0.1) is 4.88 Å². The fourth-order valence-corrected chi connectivity index (χ4v) is 4.38. The first-order valence-corrected chi connectivity index (χ1v) is 9.54. The maximum Gasteiger partial charge on any atom is 0.244 e. The zero-order chi connectivity index (χ0) is 16.6. The monoisotopic (exact) mass is 341 g/mol. The van der Waals surface area contributed by atoms with Crippen molar-refractivity contribution in [1.29, 1.82) is 0 Å². The number of benzene rings is 1. The molecule has 1 aromatic carbocycles. The van der Waals surface area contributed by atoms with Crippen LogP contribution in [0.4, 0.5) is 5.13 Å². The van der Waals surface area contributed by atoms with Gasteiger partial charge < -0.3 is 10.2 Å². The van der Waals surface area contributed by atoms with Crippen LogP contribution < -0.4 is 5.32 Å². The summed E-state index contributed by atoms with van der Waals surface area (Å²) in [5.41, 5.74) is 1.76. The van der Waals surface area contributed by atoms with Crippen LogP contribution in [0.2, 0.25) is 0 Å². The van der Waals surface area contributed by atoms with E-state index in [0.717, 1.165) is 28.7 Å². The minimum atomic E-state index is -0.229. The summed E-state index contributed by atoms with van der Waals surface area (Å²) in [6, 6.07) is 9.98. The molecule has 126 valence electrons. The Labute approximate surface area is 146 Å². The van der Waals surface area contributed by atoms with E-state index in [0.29, 0.717) is 5.41 Å². The van der Waals surface area contributed by atoms with Gasteiger partial charge in [-0.25, -0.2) is 4.98 Å². The second-order valence-corrected chi connectivity index (χ2v) is 8.12. The number of piperidine rings is 1. The molecule has 2 fully saturated rings. The molecule has 4 nitrogen and oxygen atoms in total. The molecule has 0 radical (unpaired) electrons. The van der Waals surface area contributed by atoms with E-state index in [9.17, 15) is 4.79 Å². The first-order chi connectivity index (χ1) is 11.7. The highest BCUT2D eigenvalue weighted by atomic mass is 32.1. The molecule has 1 aliphatic heterocycles. The normalized spacial score (nSPS) is 20.0. The van der Waals surface area contributed by atoms with E-state index < -0.39 is 0 Å². The van der Waals surface area contributed by atoms with Crippen LogP contribution in [0.25, 0.3) is 10.4 Å². The van der Waals surface area contributed by atoms with Crippen molar-refractivity contribution in [2.24, 2.45) is 5.41 Å². The third-order valence-electron chi connectivity index (χ3n) is 5.37. The molecule has 24 heavy (non-hydrogen) atoms. The molecule has 1 amide bonds. The second-order valence-electron chi connectivity index (χ2n) is 7.09. The SMILES string of the molecule is C[C@@H](Nc1ncc(-c2ccccc2)s1)C(=O)N1CCC2(CC1)CC2. The summed E-state index contributed by atoms with van der Waals surface area (Å²) in [7, 11) is 0. The van der Waals surface area contributed by atoms with Crippen molar-refractivity contribution >= 4 is 22.4 Å². The number of likely N-dealkylation sites (tertiary alicyclic amines) is 1. The smallest absolute Gasteiger partial charge is 0.244 e. The van der Waals surface area contributed by atoms with Gasteiger partial charge in [-0.3, -0.25) is 4.79 Å². The van der Waals surface area contributed by atoms with Gasteiger partial charge in [0.1, 0.15) is 6.04 Å². The van der Waals surface area contributed by atoms with E-state index in [1.807, 2.05) is 36.2 Å². The Hall–Kier alpha value is -1.88. The summed E-state index contributed by atoms with van der Waals surface area (Å²) < 4.78 is 0. The molecular formula is C19H23N3OS. The van der Waals surface area contributed by atoms with Crippen molar-refractivity contribution < 1.29 is 4.79 Å². The summed E-state index contributed by atoms with van der Waals surface area (Å²) in [4.78, 5) is 20.2. The molecule has 1 saturated carbocycles. The van der Waals surface area contributed by atoms with Crippen molar-refractivity contribution in [2.45, 2.75) is 38.6 Å². The second kappa shape index (κ2) is 6.20. The predicted molar refractivity (Wildman–Crippen MR) is 98.1 cm³/mol. The van der Waals surface area contributed by atoms with Gasteiger partial charge in [-0.1, -0.05) is 41.7 Å². The van der Waals surface area contributed by atoms with Gasteiger partial charge in [-0.05, 0) is 43.6 Å². The van der Waals surface area contributed by atoms with Crippen LogP contribution in [0.5, 0.6) is 0 Å². The molecule has 5 heteroatoms. The number of rotatable bonds is 4. The largest absolute Gasteiger partial charge is 0.350 e. The molecule has 0 unspecified atom stereocenters. The van der Waals surface area contributed by atoms with Crippen LogP contribution in [0.1, 0.15) is 32.6 Å². The standard InChI is InChI=1S/C19H23N3OS/c1-14(17(23)22-11-9-19(7-8-19)10-12-22)21-18-20-13-16(24-18)15-5-3-2-4-6-15/h2-6,13-14H,7-12H2,1H3,(H,20,21)/t14-/m1/s1. The minimum absolute atomic E-state index is 0.196. The fourth-order valence-electron chi connectivity index (χ4n) is 3.48. The number of nitrogens with zero attached hydrogens (tertiary/aromatic N) is 2. The maximum absolute atomic E-state index is 12.7. The van der Waals surface area contributed by atoms with Gasteiger partial charge in [-0.2, -0.15) is 0 Å². The van der Waals surface area contributed by atoms with Gasteiger partial charge in [0, 0.05) is 19.3 Å². The number of amides is 1. The predicted octanol–water partition coefficient (Wildman–Crippen LogP) is 4.01. The Morgan fingerprint density at radius 2 is 1.92 bits per heavy atom. The van der Waals surface area contributed by atoms with Gasteiger partial charge in [0.2, 0.25) is 5.91 Å². The number of anilines is 1. The number of carbonyl (C=O) groups excluding carboxylic acids is 1. The third-order valence-corrected chi connectivity index (χ3v) is 6.34. The lowest BCUT2D eigenvalue weighted by molar-refractivity contribution is -0.133. The van der Waals surface area contributed by atoms with Crippen LogP contribution in [0.3, 0.4) is 0 Å². The Kier molecular flexibility index (Phi) is 4.04. The number of aromatic nitrogens is 1. The van der Waals surface area contributed by atoms with Crippen molar-refractivity contribution in [3.63, 3.8) is 0 Å². The number of hydrogen-bond donors (Lipinski definition) is 1. The van der Waals surface area contributed by atoms with Crippen molar-refractivity contribution in [3.8, 4) is 10.4 Å². The van der Waals surface area contributed by atoms with Crippen LogP contribution in [-0.4, -0.2) is 34.9 Å². The molecular weight excluding hydrogens is 318 g/mol. The molecule has 0 bridgehead atoms. The van der Waals surface area contributed by atoms with Crippen molar-refractivity contribution in [1.82, 2.24) is 9.88 Å². The van der Waals surface area contributed by atoms with E-state index in [1.54, 1.807) is 11.3 Å². The minimum Gasteiger partial charge on any atom is -0.350 e. The molecule has 1 saturated heterocycles. The number of thiazole rings is 1. The zero-order valence-corrected chi connectivity index (χ0v) is 14.8. The molecule has 1 atom stereocenters. The average molecular weight is 341 g/mol. The molecule has 1 aliphatic carbocycles. The Bertz CT molecular complexity index is 713. The van der Waals surface area contributed by atoms with Gasteiger partial charge >= 0.3 is 0 Å². The summed E-state index contributed by atoms with van der Waals surface area (Å²) in [6.45, 7) is 3.77. The van der Waals surface area contributed by atoms with E-state index in [-0.39, 0.29) is 11.9 Å². The fraction of sp³-hybridized carbons (Fsp3) is 0.474. The summed E-state index contributed by atoms with van der Waals surface area (Å²) in [5.74, 6) is 0.196. The molecule has 1 spiro atoms. The van der Waals surface area contributed by atoms with Crippen molar-refractivity contribution in [2.75, 3.05) is 18.4 Å². The maximum atomic E-state index is 12.7. The average Bonchev–Trinajstić information content (AvgIpc) is 3.20. The summed E-state index contributed by atoms with van der Waals surface area (Å²) >= 11 is 1.60. The first-order valence-electron chi connectivity index (χ1n) is 8.72. The number of carbonyl (C=O) groups is 1. The molecule has 1 aromatic heterocycles. The summed E-state index contributed by atoms with van der Waals surface area (Å²) in [5, 5.41) is 4.09. The van der Waals surface area contributed by atoms with Crippen LogP contribution in [0, 0.1) is 5.41 Å². The first kappa shape index (κ1) is 15.6. The van der Waals surface area contributed by atoms with Gasteiger partial charge in [0.25, 0.3) is 0 Å². The molecule has 4 rings (SSSR count). The highest BCUT2D eigenvalue weighted by molar-refractivity contribution is 7.18. The lowest BCUT2D eigenvalue weighted by Gasteiger charge is -2.33. The molecule has 2 aliphatic rings. The Morgan fingerprint density at radius 3 is 2.58 bits per heavy atom. The van der Waals surface area contributed by atoms with Crippen LogP contribution in [-0.2, 0) is 4.79 Å². The molecule has 1 N–H and O–H groups in total. The van der Waals surface area contributed by atoms with Crippen molar-refractivity contribution in [3.05, 3.63) is 36.5 Å². The van der Waals surface area contributed by atoms with E-state index >= 15 is 0 Å². The quantitative estimate of drug-likeness (QED) is 0.914. The zero-order valence-electron chi connectivity index (χ0n) is 14.0. The lowest BCUT2D eigenvalue weighted by Crippen LogP contribution is -2.45. The Balaban J connectivity index is 1.36. The third kappa shape index (κ3) is 3.18. The highest BCUT2D eigenvalue weighted by Crippen LogP contribution is 2.53. The van der Waals surface area contributed by atoms with E-state index in [1.165, 1.54) is 25.7 Å². The van der Waals surface area contributed by atoms with Crippen LogP contribution >= 0.6 is 11.3 Å². The van der Waals surface area contributed by atoms with E-state index in [4.69, 9.17) is 0 Å². The lowest BCUT2D eigenvalue weighted by atomic mass is 9.93. The highest BCUT2D eigenvalue weighted by Gasteiger charge is 2.45. The topological polar surface area (TPSA) is 45.2 Å².